The van der Waals surface area contributed by atoms with Gasteiger partial charge in [-0.15, -0.1) is 0 Å². The molecule has 2 heterocycles. The second kappa shape index (κ2) is 5.97. The Morgan fingerprint density at radius 3 is 2.74 bits per heavy atom. The molecule has 1 fully saturated rings. The lowest BCUT2D eigenvalue weighted by atomic mass is 10.1. The number of nitrogens with two attached hydrogens (primary N) is 1. The largest absolute Gasteiger partial charge is 0.383 e. The first-order chi connectivity index (χ1) is 9.10. The number of anilines is 1. The molecule has 1 saturated heterocycles. The Kier molecular flexibility index (Phi) is 4.32. The summed E-state index contributed by atoms with van der Waals surface area (Å²) >= 11 is 0. The summed E-state index contributed by atoms with van der Waals surface area (Å²) in [6.07, 6.45) is 1.10. The van der Waals surface area contributed by atoms with Gasteiger partial charge in [-0.1, -0.05) is 0 Å². The Balaban J connectivity index is 1.98. The Morgan fingerprint density at radius 2 is 2.16 bits per heavy atom. The molecule has 0 radical (unpaired) electrons. The van der Waals surface area contributed by atoms with Crippen molar-refractivity contribution in [1.82, 2.24) is 14.8 Å². The highest BCUT2D eigenvalue weighted by atomic mass is 16.3. The van der Waals surface area contributed by atoms with Crippen LogP contribution in [0.5, 0.6) is 0 Å². The van der Waals surface area contributed by atoms with Crippen LogP contribution < -0.4 is 5.73 Å². The minimum Gasteiger partial charge on any atom is -0.383 e. The van der Waals surface area contributed by atoms with Crippen molar-refractivity contribution in [2.45, 2.75) is 19.7 Å². The zero-order valence-electron chi connectivity index (χ0n) is 11.1. The average molecular weight is 261 g/mol. The van der Waals surface area contributed by atoms with Gasteiger partial charge in [-0.25, -0.2) is 4.98 Å². The first-order valence-corrected chi connectivity index (χ1v) is 6.39. The Labute approximate surface area is 113 Å². The quantitative estimate of drug-likeness (QED) is 0.795. The second-order valence-electron chi connectivity index (χ2n) is 4.82. The van der Waals surface area contributed by atoms with Crippen molar-refractivity contribution in [1.29, 1.82) is 5.26 Å². The topological polar surface area (TPSA) is 89.4 Å². The number of aliphatic hydroxyl groups is 1. The van der Waals surface area contributed by atoms with Gasteiger partial charge in [0.15, 0.2) is 0 Å². The van der Waals surface area contributed by atoms with E-state index in [1.54, 1.807) is 13.0 Å². The number of pyridine rings is 1. The minimum absolute atomic E-state index is 0.393. The molecule has 6 heteroatoms. The van der Waals surface area contributed by atoms with Crippen molar-refractivity contribution in [3.05, 3.63) is 23.4 Å². The molecule has 3 N–H and O–H groups in total. The van der Waals surface area contributed by atoms with E-state index in [0.29, 0.717) is 17.9 Å². The molecule has 1 aromatic heterocycles. The summed E-state index contributed by atoms with van der Waals surface area (Å²) in [4.78, 5) is 8.33. The number of hydrogen-bond acceptors (Lipinski definition) is 6. The monoisotopic (exact) mass is 261 g/mol. The maximum Gasteiger partial charge on any atom is 0.127 e. The maximum atomic E-state index is 9.51. The molecule has 0 aromatic carbocycles. The second-order valence-corrected chi connectivity index (χ2v) is 4.82. The number of aromatic nitrogens is 1. The van der Waals surface area contributed by atoms with Crippen LogP contribution in [0.1, 0.15) is 18.1 Å². The Hall–Kier alpha value is -1.68. The molecule has 0 aliphatic carbocycles. The first-order valence-electron chi connectivity index (χ1n) is 6.39. The molecule has 0 saturated carbocycles. The van der Waals surface area contributed by atoms with Crippen molar-refractivity contribution in [2.75, 3.05) is 31.9 Å². The SMILES string of the molecule is C[C@H](O)N1CCN(Cc2cc(C#N)cnc2N)CC1. The molecule has 0 amide bonds. The first kappa shape index (κ1) is 13.7. The summed E-state index contributed by atoms with van der Waals surface area (Å²) in [5, 5.41) is 18.4. The van der Waals surface area contributed by atoms with Crippen LogP contribution in [0.3, 0.4) is 0 Å². The number of nitrogens with zero attached hydrogens (tertiary/aromatic N) is 4. The van der Waals surface area contributed by atoms with Gasteiger partial charge in [0.05, 0.1) is 5.56 Å². The minimum atomic E-state index is -0.393. The van der Waals surface area contributed by atoms with E-state index in [4.69, 9.17) is 11.0 Å². The molecule has 1 aliphatic rings. The van der Waals surface area contributed by atoms with E-state index in [1.807, 2.05) is 4.90 Å². The molecule has 0 unspecified atom stereocenters. The summed E-state index contributed by atoms with van der Waals surface area (Å²) in [5.41, 5.74) is 7.27. The van der Waals surface area contributed by atoms with Gasteiger partial charge in [0.1, 0.15) is 18.1 Å². The standard InChI is InChI=1S/C13H19N5O/c1-10(19)18-4-2-17(3-5-18)9-12-6-11(7-14)8-16-13(12)15/h6,8,10,19H,2-5,9H2,1H3,(H2,15,16)/t10-/m0/s1. The third kappa shape index (κ3) is 3.41. The molecule has 1 aromatic rings. The van der Waals surface area contributed by atoms with E-state index in [2.05, 4.69) is 16.0 Å². The van der Waals surface area contributed by atoms with E-state index >= 15 is 0 Å². The van der Waals surface area contributed by atoms with Crippen LogP contribution in [-0.4, -0.2) is 52.3 Å². The molecule has 1 atom stereocenters. The molecule has 6 nitrogen and oxygen atoms in total. The van der Waals surface area contributed by atoms with Crippen LogP contribution >= 0.6 is 0 Å². The normalized spacial score (nSPS) is 19.0. The fourth-order valence-corrected chi connectivity index (χ4v) is 2.24. The fourth-order valence-electron chi connectivity index (χ4n) is 2.24. The molecular formula is C13H19N5O. The van der Waals surface area contributed by atoms with Crippen molar-refractivity contribution in [3.8, 4) is 6.07 Å². The van der Waals surface area contributed by atoms with E-state index in [0.717, 1.165) is 31.7 Å². The molecule has 0 bridgehead atoms. The van der Waals surface area contributed by atoms with Crippen molar-refractivity contribution < 1.29 is 5.11 Å². The molecule has 2 rings (SSSR count). The lowest BCUT2D eigenvalue weighted by molar-refractivity contribution is -0.0141. The zero-order valence-corrected chi connectivity index (χ0v) is 11.1. The van der Waals surface area contributed by atoms with Crippen molar-refractivity contribution >= 4 is 5.82 Å². The Morgan fingerprint density at radius 1 is 1.47 bits per heavy atom. The highest BCUT2D eigenvalue weighted by Crippen LogP contribution is 2.15. The van der Waals surface area contributed by atoms with Gasteiger partial charge in [0.2, 0.25) is 0 Å². The summed E-state index contributed by atoms with van der Waals surface area (Å²) in [5.74, 6) is 0.483. The van der Waals surface area contributed by atoms with Crippen molar-refractivity contribution in [2.24, 2.45) is 0 Å². The molecular weight excluding hydrogens is 242 g/mol. The molecule has 19 heavy (non-hydrogen) atoms. The predicted molar refractivity (Wildman–Crippen MR) is 71.9 cm³/mol. The predicted octanol–water partition coefficient (Wildman–Crippen LogP) is -0.00862. The van der Waals surface area contributed by atoms with E-state index in [9.17, 15) is 5.11 Å². The van der Waals surface area contributed by atoms with Crippen LogP contribution in [0.2, 0.25) is 0 Å². The van der Waals surface area contributed by atoms with Crippen LogP contribution in [0, 0.1) is 11.3 Å². The van der Waals surface area contributed by atoms with Gasteiger partial charge in [0.25, 0.3) is 0 Å². The van der Waals surface area contributed by atoms with Gasteiger partial charge in [-0.2, -0.15) is 5.26 Å². The van der Waals surface area contributed by atoms with E-state index in [1.165, 1.54) is 6.20 Å². The number of hydrogen-bond donors (Lipinski definition) is 2. The van der Waals surface area contributed by atoms with Crippen LogP contribution in [-0.2, 0) is 6.54 Å². The average Bonchev–Trinajstić information content (AvgIpc) is 2.42. The summed E-state index contributed by atoms with van der Waals surface area (Å²) in [6, 6.07) is 3.87. The summed E-state index contributed by atoms with van der Waals surface area (Å²) in [7, 11) is 0. The molecule has 0 spiro atoms. The lowest BCUT2D eigenvalue weighted by Gasteiger charge is -2.36. The smallest absolute Gasteiger partial charge is 0.127 e. The van der Waals surface area contributed by atoms with Gasteiger partial charge in [0, 0.05) is 44.5 Å². The number of aliphatic hydroxyl groups excluding tert-OH is 1. The maximum absolute atomic E-state index is 9.51. The lowest BCUT2D eigenvalue weighted by Crippen LogP contribution is -2.49. The van der Waals surface area contributed by atoms with Gasteiger partial charge >= 0.3 is 0 Å². The Bertz CT molecular complexity index is 474. The number of piperazine rings is 1. The third-order valence-corrected chi connectivity index (χ3v) is 3.46. The van der Waals surface area contributed by atoms with Crippen LogP contribution in [0.25, 0.3) is 0 Å². The van der Waals surface area contributed by atoms with Crippen LogP contribution in [0.4, 0.5) is 5.82 Å². The van der Waals surface area contributed by atoms with Gasteiger partial charge < -0.3 is 10.8 Å². The summed E-state index contributed by atoms with van der Waals surface area (Å²) in [6.45, 7) is 5.91. The van der Waals surface area contributed by atoms with Gasteiger partial charge in [-0.3, -0.25) is 9.80 Å². The van der Waals surface area contributed by atoms with E-state index < -0.39 is 6.23 Å². The summed E-state index contributed by atoms with van der Waals surface area (Å²) < 4.78 is 0. The molecule has 102 valence electrons. The van der Waals surface area contributed by atoms with Crippen LogP contribution in [0.15, 0.2) is 12.3 Å². The fraction of sp³-hybridized carbons (Fsp3) is 0.538. The third-order valence-electron chi connectivity index (χ3n) is 3.46. The zero-order chi connectivity index (χ0) is 13.8. The number of rotatable bonds is 3. The van der Waals surface area contributed by atoms with Gasteiger partial charge in [-0.05, 0) is 13.0 Å². The van der Waals surface area contributed by atoms with E-state index in [-0.39, 0.29) is 0 Å². The highest BCUT2D eigenvalue weighted by molar-refractivity contribution is 5.44. The molecule has 1 aliphatic heterocycles. The number of nitrogen functional groups attached to an aromatic ring is 1. The van der Waals surface area contributed by atoms with Crippen molar-refractivity contribution in [3.63, 3.8) is 0 Å². The number of nitriles is 1. The highest BCUT2D eigenvalue weighted by Gasteiger charge is 2.20.